The van der Waals surface area contributed by atoms with Crippen molar-refractivity contribution in [1.82, 2.24) is 4.83 Å². The molecular formula is C17H20N2O2S. The van der Waals surface area contributed by atoms with Crippen molar-refractivity contribution < 1.29 is 8.42 Å². The molecule has 22 heavy (non-hydrogen) atoms. The summed E-state index contributed by atoms with van der Waals surface area (Å²) in [6.07, 6.45) is 4.22. The van der Waals surface area contributed by atoms with Gasteiger partial charge in [-0.3, -0.25) is 0 Å². The molecule has 0 unspecified atom stereocenters. The van der Waals surface area contributed by atoms with E-state index in [1.807, 2.05) is 25.1 Å². The Morgan fingerprint density at radius 3 is 2.41 bits per heavy atom. The molecule has 0 amide bonds. The summed E-state index contributed by atoms with van der Waals surface area (Å²) in [4.78, 5) is 2.46. The van der Waals surface area contributed by atoms with Crippen LogP contribution in [0.5, 0.6) is 0 Å². The summed E-state index contributed by atoms with van der Waals surface area (Å²) in [5.74, 6) is 0. The van der Waals surface area contributed by atoms with Crippen LogP contribution in [0.4, 0.5) is 0 Å². The Hall–Kier alpha value is -2.14. The summed E-state index contributed by atoms with van der Waals surface area (Å²) < 4.78 is 23.9. The van der Waals surface area contributed by atoms with Gasteiger partial charge in [0.05, 0.1) is 4.90 Å². The number of hydrogen-bond donors (Lipinski definition) is 1. The van der Waals surface area contributed by atoms with Gasteiger partial charge in [0.1, 0.15) is 0 Å². The number of nitrogens with zero attached hydrogens (tertiary/aromatic N) is 1. The van der Waals surface area contributed by atoms with Crippen LogP contribution >= 0.6 is 0 Å². The molecule has 0 bridgehead atoms. The van der Waals surface area contributed by atoms with Gasteiger partial charge in [-0.15, -0.1) is 0 Å². The number of nitrogens with one attached hydrogen (secondary N) is 1. The molecule has 5 heteroatoms. The third kappa shape index (κ3) is 5.00. The molecule has 0 aliphatic rings. The van der Waals surface area contributed by atoms with Gasteiger partial charge in [-0.1, -0.05) is 48.0 Å². The number of aryl methyl sites for hydroxylation is 2. The molecule has 0 heterocycles. The molecular weight excluding hydrogens is 296 g/mol. The molecule has 0 aromatic heterocycles. The van der Waals surface area contributed by atoms with E-state index in [4.69, 9.17) is 0 Å². The minimum Gasteiger partial charge on any atom is -0.200 e. The molecule has 0 aliphatic carbocycles. The summed E-state index contributed by atoms with van der Waals surface area (Å²) in [6, 6.07) is 16.8. The number of rotatable bonds is 7. The standard InChI is InChI=1S/C17H20N2O2S/c1-15-10-12-17(13-11-15)22(20,21)19-18-14-6-5-9-16-7-3-2-4-8-16/h2-4,7-8,10-14,19H,5-6,9H2,1H3. The van der Waals surface area contributed by atoms with Crippen LogP contribution in [0.3, 0.4) is 0 Å². The minimum absolute atomic E-state index is 0.222. The van der Waals surface area contributed by atoms with Gasteiger partial charge in [-0.05, 0) is 43.9 Å². The van der Waals surface area contributed by atoms with Gasteiger partial charge < -0.3 is 0 Å². The highest BCUT2D eigenvalue weighted by molar-refractivity contribution is 7.89. The maximum atomic E-state index is 12.0. The summed E-state index contributed by atoms with van der Waals surface area (Å²) in [5.41, 5.74) is 2.29. The lowest BCUT2D eigenvalue weighted by molar-refractivity contribution is 0.584. The zero-order valence-electron chi connectivity index (χ0n) is 12.6. The van der Waals surface area contributed by atoms with Crippen LogP contribution in [0.15, 0.2) is 64.6 Å². The van der Waals surface area contributed by atoms with Crippen LogP contribution in [0.25, 0.3) is 0 Å². The Bertz CT molecular complexity index is 708. The normalized spacial score (nSPS) is 11.7. The van der Waals surface area contributed by atoms with Gasteiger partial charge in [-0.25, -0.2) is 4.83 Å². The zero-order chi connectivity index (χ0) is 15.8. The average Bonchev–Trinajstić information content (AvgIpc) is 2.52. The largest absolute Gasteiger partial charge is 0.276 e. The molecule has 116 valence electrons. The van der Waals surface area contributed by atoms with Gasteiger partial charge in [0.25, 0.3) is 10.0 Å². The molecule has 1 N–H and O–H groups in total. The molecule has 0 atom stereocenters. The van der Waals surface area contributed by atoms with E-state index in [0.29, 0.717) is 0 Å². The maximum absolute atomic E-state index is 12.0. The molecule has 0 fully saturated rings. The summed E-state index contributed by atoms with van der Waals surface area (Å²) in [7, 11) is -3.56. The van der Waals surface area contributed by atoms with E-state index in [2.05, 4.69) is 22.1 Å². The molecule has 2 aromatic rings. The smallest absolute Gasteiger partial charge is 0.200 e. The second-order valence-electron chi connectivity index (χ2n) is 5.10. The number of unbranched alkanes of at least 4 members (excludes halogenated alkanes) is 1. The van der Waals surface area contributed by atoms with Crippen molar-refractivity contribution in [3.8, 4) is 0 Å². The summed E-state index contributed by atoms with van der Waals surface area (Å²) in [6.45, 7) is 1.91. The van der Waals surface area contributed by atoms with Crippen LogP contribution in [-0.2, 0) is 16.4 Å². The van der Waals surface area contributed by atoms with E-state index < -0.39 is 10.0 Å². The Morgan fingerprint density at radius 1 is 1.05 bits per heavy atom. The number of hydrazone groups is 1. The van der Waals surface area contributed by atoms with Crippen molar-refractivity contribution >= 4 is 16.2 Å². The van der Waals surface area contributed by atoms with Crippen molar-refractivity contribution in [3.63, 3.8) is 0 Å². The Morgan fingerprint density at radius 2 is 1.73 bits per heavy atom. The molecule has 0 aliphatic heterocycles. The van der Waals surface area contributed by atoms with Crippen LogP contribution in [0.2, 0.25) is 0 Å². The highest BCUT2D eigenvalue weighted by atomic mass is 32.2. The van der Waals surface area contributed by atoms with E-state index in [1.165, 1.54) is 5.56 Å². The second kappa shape index (κ2) is 7.75. The quantitative estimate of drug-likeness (QED) is 0.484. The first-order chi connectivity index (χ1) is 10.6. The Labute approximate surface area is 131 Å². The lowest BCUT2D eigenvalue weighted by Gasteiger charge is -2.03. The van der Waals surface area contributed by atoms with E-state index in [9.17, 15) is 8.42 Å². The van der Waals surface area contributed by atoms with Crippen molar-refractivity contribution in [2.24, 2.45) is 5.10 Å². The third-order valence-corrected chi connectivity index (χ3v) is 4.48. The minimum atomic E-state index is -3.56. The Kier molecular flexibility index (Phi) is 5.72. The lowest BCUT2D eigenvalue weighted by atomic mass is 10.1. The highest BCUT2D eigenvalue weighted by Gasteiger charge is 2.11. The number of benzene rings is 2. The predicted molar refractivity (Wildman–Crippen MR) is 89.4 cm³/mol. The fraction of sp³-hybridized carbons (Fsp3) is 0.235. The molecule has 2 aromatic carbocycles. The van der Waals surface area contributed by atoms with Gasteiger partial charge in [0, 0.05) is 6.21 Å². The van der Waals surface area contributed by atoms with E-state index >= 15 is 0 Å². The first kappa shape index (κ1) is 16.2. The van der Waals surface area contributed by atoms with Crippen molar-refractivity contribution in [1.29, 1.82) is 0 Å². The van der Waals surface area contributed by atoms with Crippen LogP contribution in [0, 0.1) is 6.92 Å². The SMILES string of the molecule is Cc1ccc(S(=O)(=O)NN=CCCCc2ccccc2)cc1. The number of sulfonamides is 1. The highest BCUT2D eigenvalue weighted by Crippen LogP contribution is 2.09. The fourth-order valence-electron chi connectivity index (χ4n) is 1.98. The van der Waals surface area contributed by atoms with Gasteiger partial charge in [0.15, 0.2) is 0 Å². The molecule has 2 rings (SSSR count). The van der Waals surface area contributed by atoms with Crippen molar-refractivity contribution in [3.05, 3.63) is 65.7 Å². The fourth-order valence-corrected chi connectivity index (χ4v) is 2.80. The lowest BCUT2D eigenvalue weighted by Crippen LogP contribution is -2.18. The summed E-state index contributed by atoms with van der Waals surface area (Å²) >= 11 is 0. The zero-order valence-corrected chi connectivity index (χ0v) is 13.4. The average molecular weight is 316 g/mol. The summed E-state index contributed by atoms with van der Waals surface area (Å²) in [5, 5.41) is 3.81. The molecule has 0 saturated carbocycles. The van der Waals surface area contributed by atoms with Gasteiger partial charge in [0.2, 0.25) is 0 Å². The van der Waals surface area contributed by atoms with Crippen LogP contribution in [-0.4, -0.2) is 14.6 Å². The first-order valence-electron chi connectivity index (χ1n) is 7.22. The molecule has 0 radical (unpaired) electrons. The van der Waals surface area contributed by atoms with Crippen molar-refractivity contribution in [2.45, 2.75) is 31.1 Å². The molecule has 0 saturated heterocycles. The monoisotopic (exact) mass is 316 g/mol. The first-order valence-corrected chi connectivity index (χ1v) is 8.70. The maximum Gasteiger partial charge on any atom is 0.276 e. The van der Waals surface area contributed by atoms with E-state index in [1.54, 1.807) is 30.5 Å². The van der Waals surface area contributed by atoms with Crippen LogP contribution < -0.4 is 4.83 Å². The van der Waals surface area contributed by atoms with Gasteiger partial charge in [-0.2, -0.15) is 13.5 Å². The topological polar surface area (TPSA) is 58.5 Å². The van der Waals surface area contributed by atoms with E-state index in [0.717, 1.165) is 24.8 Å². The molecule has 4 nitrogen and oxygen atoms in total. The second-order valence-corrected chi connectivity index (χ2v) is 6.76. The number of hydrogen-bond acceptors (Lipinski definition) is 3. The van der Waals surface area contributed by atoms with E-state index in [-0.39, 0.29) is 4.90 Å². The van der Waals surface area contributed by atoms with Crippen LogP contribution in [0.1, 0.15) is 24.0 Å². The third-order valence-electron chi connectivity index (χ3n) is 3.24. The molecule has 0 spiro atoms. The predicted octanol–water partition coefficient (Wildman–Crippen LogP) is 3.28. The van der Waals surface area contributed by atoms with Gasteiger partial charge >= 0.3 is 0 Å². The van der Waals surface area contributed by atoms with Crippen molar-refractivity contribution in [2.75, 3.05) is 0 Å². The Balaban J connectivity index is 1.78.